The normalized spacial score (nSPS) is 30.3. The summed E-state index contributed by atoms with van der Waals surface area (Å²) in [5, 5.41) is 0. The van der Waals surface area contributed by atoms with Crippen LogP contribution in [0.5, 0.6) is 0 Å². The molecule has 2 atom stereocenters. The molecule has 1 nitrogen and oxygen atoms in total. The molecule has 1 aliphatic rings. The minimum absolute atomic E-state index is 0.305. The molecule has 1 saturated carbocycles. The van der Waals surface area contributed by atoms with Crippen molar-refractivity contribution in [3.05, 3.63) is 35.4 Å². The van der Waals surface area contributed by atoms with E-state index < -0.39 is 0 Å². The fraction of sp³-hybridized carbons (Fsp3) is 0.600. The average Bonchev–Trinajstić information content (AvgIpc) is 2.30. The first-order valence-corrected chi connectivity index (χ1v) is 6.44. The second-order valence-electron chi connectivity index (χ2n) is 5.47. The first-order chi connectivity index (χ1) is 7.66. The third kappa shape index (κ3) is 2.01. The van der Waals surface area contributed by atoms with Crippen LogP contribution in [0.4, 0.5) is 0 Å². The van der Waals surface area contributed by atoms with Gasteiger partial charge in [-0.25, -0.2) is 0 Å². The van der Waals surface area contributed by atoms with Gasteiger partial charge in [0.25, 0.3) is 0 Å². The first-order valence-electron chi connectivity index (χ1n) is 6.44. The maximum Gasteiger partial charge on any atom is -0.00349 e. The molecule has 0 heterocycles. The van der Waals surface area contributed by atoms with Crippen LogP contribution in [0, 0.1) is 12.8 Å². The lowest BCUT2D eigenvalue weighted by Crippen LogP contribution is -2.39. The molecule has 0 radical (unpaired) electrons. The average molecular weight is 217 g/mol. The lowest BCUT2D eigenvalue weighted by atomic mass is 9.63. The summed E-state index contributed by atoms with van der Waals surface area (Å²) < 4.78 is 0. The van der Waals surface area contributed by atoms with Crippen molar-refractivity contribution in [1.29, 1.82) is 0 Å². The Morgan fingerprint density at radius 3 is 2.88 bits per heavy atom. The van der Waals surface area contributed by atoms with E-state index in [-0.39, 0.29) is 0 Å². The van der Waals surface area contributed by atoms with E-state index in [1.54, 1.807) is 0 Å². The van der Waals surface area contributed by atoms with E-state index >= 15 is 0 Å². The molecule has 88 valence electrons. The van der Waals surface area contributed by atoms with Crippen molar-refractivity contribution in [2.24, 2.45) is 11.7 Å². The van der Waals surface area contributed by atoms with Gasteiger partial charge < -0.3 is 5.73 Å². The van der Waals surface area contributed by atoms with Gasteiger partial charge in [0.2, 0.25) is 0 Å². The Balaban J connectivity index is 2.34. The Labute approximate surface area is 99.0 Å². The smallest absolute Gasteiger partial charge is 0.00349 e. The van der Waals surface area contributed by atoms with E-state index in [1.807, 2.05) is 0 Å². The second kappa shape index (κ2) is 4.58. The molecular formula is C15H23N. The van der Waals surface area contributed by atoms with Crippen LogP contribution < -0.4 is 5.73 Å². The minimum Gasteiger partial charge on any atom is -0.330 e. The third-order valence-electron chi connectivity index (χ3n) is 4.36. The molecule has 1 aromatic carbocycles. The van der Waals surface area contributed by atoms with E-state index in [0.29, 0.717) is 11.3 Å². The van der Waals surface area contributed by atoms with Gasteiger partial charge in [-0.3, -0.25) is 0 Å². The molecule has 1 aromatic rings. The maximum absolute atomic E-state index is 5.95. The maximum atomic E-state index is 5.95. The van der Waals surface area contributed by atoms with Crippen molar-refractivity contribution in [3.8, 4) is 0 Å². The van der Waals surface area contributed by atoms with Crippen molar-refractivity contribution in [2.45, 2.75) is 44.9 Å². The highest BCUT2D eigenvalue weighted by Gasteiger charge is 2.36. The zero-order valence-electron chi connectivity index (χ0n) is 10.5. The fourth-order valence-electron chi connectivity index (χ4n) is 3.16. The Morgan fingerprint density at radius 1 is 1.38 bits per heavy atom. The van der Waals surface area contributed by atoms with Crippen LogP contribution in [0.25, 0.3) is 0 Å². The topological polar surface area (TPSA) is 26.0 Å². The summed E-state index contributed by atoms with van der Waals surface area (Å²) in [6, 6.07) is 8.97. The SMILES string of the molecule is Cc1cccc(C2(C)CCCCC2CN)c1. The van der Waals surface area contributed by atoms with Crippen LogP contribution in [0.1, 0.15) is 43.7 Å². The molecule has 0 aliphatic heterocycles. The number of nitrogens with two attached hydrogens (primary N) is 1. The Bertz CT molecular complexity index is 358. The number of hydrogen-bond donors (Lipinski definition) is 1. The molecule has 2 rings (SSSR count). The van der Waals surface area contributed by atoms with Gasteiger partial charge in [0, 0.05) is 0 Å². The van der Waals surface area contributed by atoms with Crippen molar-refractivity contribution in [1.82, 2.24) is 0 Å². The number of benzene rings is 1. The highest BCUT2D eigenvalue weighted by atomic mass is 14.6. The van der Waals surface area contributed by atoms with Crippen LogP contribution in [0.15, 0.2) is 24.3 Å². The minimum atomic E-state index is 0.305. The zero-order valence-corrected chi connectivity index (χ0v) is 10.5. The Hall–Kier alpha value is -0.820. The van der Waals surface area contributed by atoms with Crippen molar-refractivity contribution in [2.75, 3.05) is 6.54 Å². The molecule has 2 N–H and O–H groups in total. The molecule has 0 amide bonds. The van der Waals surface area contributed by atoms with E-state index in [2.05, 4.69) is 38.1 Å². The van der Waals surface area contributed by atoms with E-state index in [0.717, 1.165) is 6.54 Å². The number of hydrogen-bond acceptors (Lipinski definition) is 1. The van der Waals surface area contributed by atoms with Crippen LogP contribution in [0.2, 0.25) is 0 Å². The summed E-state index contributed by atoms with van der Waals surface area (Å²) in [5.41, 5.74) is 9.11. The zero-order chi connectivity index (χ0) is 11.6. The summed E-state index contributed by atoms with van der Waals surface area (Å²) in [6.45, 7) is 5.40. The van der Waals surface area contributed by atoms with E-state index in [1.165, 1.54) is 36.8 Å². The number of aryl methyl sites for hydroxylation is 1. The summed E-state index contributed by atoms with van der Waals surface area (Å²) in [7, 11) is 0. The summed E-state index contributed by atoms with van der Waals surface area (Å²) >= 11 is 0. The largest absolute Gasteiger partial charge is 0.330 e. The molecule has 2 unspecified atom stereocenters. The quantitative estimate of drug-likeness (QED) is 0.807. The van der Waals surface area contributed by atoms with Crippen molar-refractivity contribution < 1.29 is 0 Å². The molecule has 16 heavy (non-hydrogen) atoms. The molecule has 0 spiro atoms. The molecule has 0 aromatic heterocycles. The van der Waals surface area contributed by atoms with E-state index in [9.17, 15) is 0 Å². The number of rotatable bonds is 2. The van der Waals surface area contributed by atoms with Crippen LogP contribution in [-0.4, -0.2) is 6.54 Å². The highest BCUT2D eigenvalue weighted by Crippen LogP contribution is 2.43. The molecule has 1 heteroatoms. The molecular weight excluding hydrogens is 194 g/mol. The van der Waals surface area contributed by atoms with Gasteiger partial charge >= 0.3 is 0 Å². The van der Waals surface area contributed by atoms with Crippen molar-refractivity contribution in [3.63, 3.8) is 0 Å². The van der Waals surface area contributed by atoms with E-state index in [4.69, 9.17) is 5.73 Å². The van der Waals surface area contributed by atoms with Gasteiger partial charge in [-0.15, -0.1) is 0 Å². The van der Waals surface area contributed by atoms with Crippen LogP contribution in [-0.2, 0) is 5.41 Å². The second-order valence-corrected chi connectivity index (χ2v) is 5.47. The first kappa shape index (κ1) is 11.7. The highest BCUT2D eigenvalue weighted by molar-refractivity contribution is 5.30. The molecule has 0 bridgehead atoms. The summed E-state index contributed by atoms with van der Waals surface area (Å²) in [6.07, 6.45) is 5.28. The Morgan fingerprint density at radius 2 is 2.19 bits per heavy atom. The third-order valence-corrected chi connectivity index (χ3v) is 4.36. The van der Waals surface area contributed by atoms with Gasteiger partial charge in [0.1, 0.15) is 0 Å². The van der Waals surface area contributed by atoms with Gasteiger partial charge in [-0.2, -0.15) is 0 Å². The molecule has 0 saturated heterocycles. The van der Waals surface area contributed by atoms with Crippen LogP contribution >= 0.6 is 0 Å². The summed E-state index contributed by atoms with van der Waals surface area (Å²) in [4.78, 5) is 0. The van der Waals surface area contributed by atoms with Crippen LogP contribution in [0.3, 0.4) is 0 Å². The standard InChI is InChI=1S/C15H23N/c1-12-6-5-8-13(10-12)15(2)9-4-3-7-14(15)11-16/h5-6,8,10,14H,3-4,7,9,11,16H2,1-2H3. The lowest BCUT2D eigenvalue weighted by Gasteiger charge is -2.41. The predicted molar refractivity (Wildman–Crippen MR) is 69.5 cm³/mol. The summed E-state index contributed by atoms with van der Waals surface area (Å²) in [5.74, 6) is 0.656. The lowest BCUT2D eigenvalue weighted by molar-refractivity contribution is 0.209. The van der Waals surface area contributed by atoms with Crippen molar-refractivity contribution >= 4 is 0 Å². The molecule has 1 aliphatic carbocycles. The van der Waals surface area contributed by atoms with Gasteiger partial charge in [0.05, 0.1) is 0 Å². The van der Waals surface area contributed by atoms with Gasteiger partial charge in [0.15, 0.2) is 0 Å². The molecule has 1 fully saturated rings. The monoisotopic (exact) mass is 217 g/mol. The van der Waals surface area contributed by atoms with Gasteiger partial charge in [-0.05, 0) is 43.2 Å². The fourth-order valence-corrected chi connectivity index (χ4v) is 3.16. The van der Waals surface area contributed by atoms with Gasteiger partial charge in [-0.1, -0.05) is 49.6 Å². The predicted octanol–water partition coefficient (Wildman–Crippen LogP) is 3.40. The Kier molecular flexibility index (Phi) is 3.34.